The van der Waals surface area contributed by atoms with Crippen LogP contribution in [0.25, 0.3) is 22.0 Å². The number of rotatable bonds is 3. The number of aryl methyl sites for hydroxylation is 2. The molecular formula is C25H20N2O2. The molecule has 142 valence electrons. The smallest absolute Gasteiger partial charge is 0.341 e. The van der Waals surface area contributed by atoms with E-state index in [-0.39, 0.29) is 11.7 Å². The first-order valence-electron chi connectivity index (χ1n) is 9.63. The molecule has 29 heavy (non-hydrogen) atoms. The van der Waals surface area contributed by atoms with Crippen molar-refractivity contribution >= 4 is 22.0 Å². The Kier molecular flexibility index (Phi) is 4.06. The Morgan fingerprint density at radius 2 is 1.62 bits per heavy atom. The maximum absolute atomic E-state index is 13.0. The molecule has 0 radical (unpaired) electrons. The normalized spacial score (nSPS) is 12.5. The summed E-state index contributed by atoms with van der Waals surface area (Å²) in [6.45, 7) is 4.18. The van der Waals surface area contributed by atoms with Crippen LogP contribution in [0, 0.1) is 13.8 Å². The number of imidazole rings is 1. The average molecular weight is 380 g/mol. The highest BCUT2D eigenvalue weighted by Gasteiger charge is 2.23. The van der Waals surface area contributed by atoms with E-state index in [4.69, 9.17) is 4.42 Å². The summed E-state index contributed by atoms with van der Waals surface area (Å²) in [5.74, 6) is 0. The molecule has 0 saturated heterocycles. The second kappa shape index (κ2) is 6.74. The Morgan fingerprint density at radius 1 is 0.897 bits per heavy atom. The number of para-hydroxylation sites is 1. The lowest BCUT2D eigenvalue weighted by Crippen LogP contribution is -2.19. The van der Waals surface area contributed by atoms with Gasteiger partial charge in [-0.2, -0.15) is 0 Å². The molecule has 2 heterocycles. The van der Waals surface area contributed by atoms with Crippen LogP contribution in [-0.4, -0.2) is 9.55 Å². The molecule has 0 fully saturated rings. The summed E-state index contributed by atoms with van der Waals surface area (Å²) in [5, 5.41) is 0.902. The van der Waals surface area contributed by atoms with Crippen molar-refractivity contribution in [1.82, 2.24) is 9.55 Å². The van der Waals surface area contributed by atoms with Gasteiger partial charge in [0, 0.05) is 5.39 Å². The van der Waals surface area contributed by atoms with Crippen molar-refractivity contribution in [2.75, 3.05) is 0 Å². The first kappa shape index (κ1) is 17.4. The molecule has 0 bridgehead atoms. The molecule has 5 rings (SSSR count). The van der Waals surface area contributed by atoms with Gasteiger partial charge in [0.2, 0.25) is 0 Å². The van der Waals surface area contributed by atoms with Crippen molar-refractivity contribution in [3.8, 4) is 0 Å². The van der Waals surface area contributed by atoms with Gasteiger partial charge in [-0.25, -0.2) is 9.78 Å². The number of nitrogens with zero attached hydrogens (tertiary/aromatic N) is 2. The van der Waals surface area contributed by atoms with Gasteiger partial charge in [-0.3, -0.25) is 0 Å². The minimum absolute atomic E-state index is 0.329. The van der Waals surface area contributed by atoms with Crippen LogP contribution < -0.4 is 5.63 Å². The van der Waals surface area contributed by atoms with E-state index >= 15 is 0 Å². The van der Waals surface area contributed by atoms with Crippen LogP contribution in [0.15, 0.2) is 88.3 Å². The van der Waals surface area contributed by atoms with E-state index in [9.17, 15) is 4.79 Å². The first-order valence-corrected chi connectivity index (χ1v) is 9.63. The van der Waals surface area contributed by atoms with Crippen LogP contribution in [0.1, 0.15) is 28.3 Å². The lowest BCUT2D eigenvalue weighted by molar-refractivity contribution is 0.535. The highest BCUT2D eigenvalue weighted by atomic mass is 16.4. The molecular weight excluding hydrogens is 360 g/mol. The molecule has 1 unspecified atom stereocenters. The molecule has 0 aliphatic rings. The van der Waals surface area contributed by atoms with Gasteiger partial charge in [0.15, 0.2) is 0 Å². The molecule has 0 N–H and O–H groups in total. The van der Waals surface area contributed by atoms with Crippen LogP contribution in [0.5, 0.6) is 0 Å². The van der Waals surface area contributed by atoms with E-state index in [2.05, 4.69) is 35.5 Å². The topological polar surface area (TPSA) is 48.0 Å². The maximum Gasteiger partial charge on any atom is 0.341 e. The van der Waals surface area contributed by atoms with E-state index in [1.54, 1.807) is 0 Å². The van der Waals surface area contributed by atoms with Gasteiger partial charge in [-0.1, -0.05) is 48.5 Å². The summed E-state index contributed by atoms with van der Waals surface area (Å²) in [6, 6.07) is 23.4. The Labute approximate surface area is 168 Å². The van der Waals surface area contributed by atoms with Crippen molar-refractivity contribution < 1.29 is 4.42 Å². The molecule has 0 amide bonds. The Bertz CT molecular complexity index is 1400. The second-order valence-corrected chi connectivity index (χ2v) is 7.42. The average Bonchev–Trinajstić information content (AvgIpc) is 3.12. The predicted octanol–water partition coefficient (Wildman–Crippen LogP) is 5.40. The van der Waals surface area contributed by atoms with Crippen molar-refractivity contribution in [3.63, 3.8) is 0 Å². The third-order valence-corrected chi connectivity index (χ3v) is 5.55. The van der Waals surface area contributed by atoms with Crippen molar-refractivity contribution in [3.05, 3.63) is 112 Å². The summed E-state index contributed by atoms with van der Waals surface area (Å²) >= 11 is 0. The van der Waals surface area contributed by atoms with E-state index in [1.807, 2.05) is 67.0 Å². The highest BCUT2D eigenvalue weighted by Crippen LogP contribution is 2.31. The summed E-state index contributed by atoms with van der Waals surface area (Å²) in [6.07, 6.45) is 1.82. The van der Waals surface area contributed by atoms with Crippen LogP contribution in [0.3, 0.4) is 0 Å². The Hall–Kier alpha value is -3.66. The fraction of sp³-hybridized carbons (Fsp3) is 0.120. The molecule has 3 aromatic carbocycles. The minimum Gasteiger partial charge on any atom is -0.422 e. The molecule has 4 nitrogen and oxygen atoms in total. The van der Waals surface area contributed by atoms with Crippen LogP contribution >= 0.6 is 0 Å². The SMILES string of the molecule is Cc1cc2ncn(C(c3ccccc3)c3cc4ccccc4oc3=O)c2cc1C. The number of benzene rings is 3. The Morgan fingerprint density at radius 3 is 2.45 bits per heavy atom. The second-order valence-electron chi connectivity index (χ2n) is 7.42. The highest BCUT2D eigenvalue weighted by molar-refractivity contribution is 5.79. The molecule has 0 saturated carbocycles. The molecule has 0 aliphatic heterocycles. The molecule has 4 heteroatoms. The lowest BCUT2D eigenvalue weighted by Gasteiger charge is -2.20. The molecule has 5 aromatic rings. The van der Waals surface area contributed by atoms with Gasteiger partial charge in [-0.05, 0) is 54.8 Å². The maximum atomic E-state index is 13.0. The minimum atomic E-state index is -0.330. The van der Waals surface area contributed by atoms with Gasteiger partial charge in [0.1, 0.15) is 5.58 Å². The quantitative estimate of drug-likeness (QED) is 0.394. The van der Waals surface area contributed by atoms with Crippen LogP contribution in [0.2, 0.25) is 0 Å². The van der Waals surface area contributed by atoms with Gasteiger partial charge < -0.3 is 8.98 Å². The first-order chi connectivity index (χ1) is 14.1. The van der Waals surface area contributed by atoms with Crippen LogP contribution in [0.4, 0.5) is 0 Å². The van der Waals surface area contributed by atoms with E-state index < -0.39 is 0 Å². The van der Waals surface area contributed by atoms with Crippen LogP contribution in [-0.2, 0) is 0 Å². The van der Waals surface area contributed by atoms with Gasteiger partial charge in [0.05, 0.1) is 29.0 Å². The van der Waals surface area contributed by atoms with Crippen molar-refractivity contribution in [2.24, 2.45) is 0 Å². The summed E-state index contributed by atoms with van der Waals surface area (Å²) in [7, 11) is 0. The van der Waals surface area contributed by atoms with E-state index in [0.717, 1.165) is 22.0 Å². The van der Waals surface area contributed by atoms with Gasteiger partial charge in [-0.15, -0.1) is 0 Å². The number of aromatic nitrogens is 2. The van der Waals surface area contributed by atoms with Crippen molar-refractivity contribution in [1.29, 1.82) is 0 Å². The standard InChI is InChI=1S/C25H20N2O2/c1-16-12-21-22(13-17(16)2)27(15-26-21)24(18-8-4-3-5-9-18)20-14-19-10-6-7-11-23(19)29-25(20)28/h3-15,24H,1-2H3. The third-order valence-electron chi connectivity index (χ3n) is 5.55. The van der Waals surface area contributed by atoms with Gasteiger partial charge >= 0.3 is 5.63 Å². The zero-order valence-corrected chi connectivity index (χ0v) is 16.3. The Balaban J connectivity index is 1.82. The number of hydrogen-bond acceptors (Lipinski definition) is 3. The monoisotopic (exact) mass is 380 g/mol. The van der Waals surface area contributed by atoms with E-state index in [1.165, 1.54) is 11.1 Å². The van der Waals surface area contributed by atoms with Crippen molar-refractivity contribution in [2.45, 2.75) is 19.9 Å². The fourth-order valence-corrected chi connectivity index (χ4v) is 3.88. The molecule has 0 spiro atoms. The fourth-order valence-electron chi connectivity index (χ4n) is 3.88. The third kappa shape index (κ3) is 2.93. The van der Waals surface area contributed by atoms with Gasteiger partial charge in [0.25, 0.3) is 0 Å². The van der Waals surface area contributed by atoms with E-state index in [0.29, 0.717) is 11.1 Å². The largest absolute Gasteiger partial charge is 0.422 e. The molecule has 2 aromatic heterocycles. The predicted molar refractivity (Wildman–Crippen MR) is 115 cm³/mol. The summed E-state index contributed by atoms with van der Waals surface area (Å²) in [5.41, 5.74) is 6.16. The summed E-state index contributed by atoms with van der Waals surface area (Å²) < 4.78 is 7.73. The summed E-state index contributed by atoms with van der Waals surface area (Å²) in [4.78, 5) is 17.6. The zero-order valence-electron chi connectivity index (χ0n) is 16.3. The molecule has 1 atom stereocenters. The zero-order chi connectivity index (χ0) is 20.0. The number of fused-ring (bicyclic) bond motifs is 2. The lowest BCUT2D eigenvalue weighted by atomic mass is 9.98. The number of hydrogen-bond donors (Lipinski definition) is 0. The molecule has 0 aliphatic carbocycles.